The lowest BCUT2D eigenvalue weighted by Gasteiger charge is -2.11. The van der Waals surface area contributed by atoms with Crippen LogP contribution in [-0.2, 0) is 6.42 Å². The SMILES string of the molecule is CC(C)n1ncc(NCCc2ccco2)c(Cl)c1=O. The Morgan fingerprint density at radius 2 is 2.32 bits per heavy atom. The molecule has 0 unspecified atom stereocenters. The quantitative estimate of drug-likeness (QED) is 0.915. The van der Waals surface area contributed by atoms with E-state index in [1.165, 1.54) is 4.68 Å². The molecule has 2 heterocycles. The molecule has 0 radical (unpaired) electrons. The number of hydrogen-bond donors (Lipinski definition) is 1. The van der Waals surface area contributed by atoms with E-state index >= 15 is 0 Å². The second-order valence-corrected chi connectivity index (χ2v) is 4.85. The first-order chi connectivity index (χ1) is 9.09. The van der Waals surface area contributed by atoms with Crippen molar-refractivity contribution < 1.29 is 4.42 Å². The van der Waals surface area contributed by atoms with E-state index < -0.39 is 0 Å². The van der Waals surface area contributed by atoms with Crippen molar-refractivity contribution >= 4 is 17.3 Å². The summed E-state index contributed by atoms with van der Waals surface area (Å²) in [4.78, 5) is 11.9. The van der Waals surface area contributed by atoms with Gasteiger partial charge in [0.1, 0.15) is 10.8 Å². The third-order valence-corrected chi connectivity index (χ3v) is 3.06. The normalized spacial score (nSPS) is 10.9. The maximum Gasteiger partial charge on any atom is 0.287 e. The summed E-state index contributed by atoms with van der Waals surface area (Å²) < 4.78 is 6.58. The molecule has 0 aliphatic carbocycles. The van der Waals surface area contributed by atoms with Gasteiger partial charge < -0.3 is 9.73 Å². The summed E-state index contributed by atoms with van der Waals surface area (Å²) in [7, 11) is 0. The van der Waals surface area contributed by atoms with E-state index in [0.717, 1.165) is 12.2 Å². The highest BCUT2D eigenvalue weighted by atomic mass is 35.5. The van der Waals surface area contributed by atoms with Gasteiger partial charge in [0.15, 0.2) is 0 Å². The van der Waals surface area contributed by atoms with E-state index in [-0.39, 0.29) is 16.6 Å². The second kappa shape index (κ2) is 5.93. The van der Waals surface area contributed by atoms with Gasteiger partial charge in [0.05, 0.1) is 24.2 Å². The van der Waals surface area contributed by atoms with Crippen LogP contribution in [0.15, 0.2) is 33.8 Å². The molecule has 102 valence electrons. The largest absolute Gasteiger partial charge is 0.469 e. The van der Waals surface area contributed by atoms with Crippen molar-refractivity contribution in [2.45, 2.75) is 26.3 Å². The first kappa shape index (κ1) is 13.7. The maximum atomic E-state index is 11.9. The Morgan fingerprint density at radius 3 is 2.95 bits per heavy atom. The Morgan fingerprint density at radius 1 is 1.53 bits per heavy atom. The molecule has 0 bridgehead atoms. The standard InChI is InChI=1S/C13H16ClN3O2/c1-9(2)17-13(18)12(14)11(8-16-17)15-6-5-10-4-3-7-19-10/h3-4,7-9,15H,5-6H2,1-2H3. The zero-order valence-electron chi connectivity index (χ0n) is 10.9. The zero-order valence-corrected chi connectivity index (χ0v) is 11.6. The van der Waals surface area contributed by atoms with Crippen LogP contribution in [0.2, 0.25) is 5.02 Å². The highest BCUT2D eigenvalue weighted by Gasteiger charge is 2.10. The van der Waals surface area contributed by atoms with Gasteiger partial charge in [-0.3, -0.25) is 4.79 Å². The average molecular weight is 282 g/mol. The van der Waals surface area contributed by atoms with Crippen molar-refractivity contribution in [1.29, 1.82) is 0 Å². The number of aromatic nitrogens is 2. The summed E-state index contributed by atoms with van der Waals surface area (Å²) in [5.74, 6) is 0.882. The Balaban J connectivity index is 2.05. The molecule has 5 nitrogen and oxygen atoms in total. The second-order valence-electron chi connectivity index (χ2n) is 4.47. The molecule has 0 atom stereocenters. The first-order valence-corrected chi connectivity index (χ1v) is 6.51. The Hall–Kier alpha value is -1.75. The van der Waals surface area contributed by atoms with Crippen LogP contribution in [0.3, 0.4) is 0 Å². The van der Waals surface area contributed by atoms with Crippen molar-refractivity contribution in [2.75, 3.05) is 11.9 Å². The van der Waals surface area contributed by atoms with Crippen LogP contribution in [0.5, 0.6) is 0 Å². The fourth-order valence-corrected chi connectivity index (χ4v) is 1.91. The molecule has 0 spiro atoms. The molecule has 1 N–H and O–H groups in total. The van der Waals surface area contributed by atoms with E-state index in [1.807, 2.05) is 26.0 Å². The topological polar surface area (TPSA) is 60.1 Å². The van der Waals surface area contributed by atoms with E-state index in [0.29, 0.717) is 12.2 Å². The molecule has 0 saturated heterocycles. The number of nitrogens with one attached hydrogen (secondary N) is 1. The third-order valence-electron chi connectivity index (χ3n) is 2.70. The zero-order chi connectivity index (χ0) is 13.8. The van der Waals surface area contributed by atoms with Crippen LogP contribution in [0.1, 0.15) is 25.6 Å². The predicted molar refractivity (Wildman–Crippen MR) is 74.8 cm³/mol. The van der Waals surface area contributed by atoms with E-state index in [1.54, 1.807) is 12.5 Å². The Bertz CT molecular complexity index is 590. The molecular formula is C13H16ClN3O2. The lowest BCUT2D eigenvalue weighted by molar-refractivity contribution is 0.502. The van der Waals surface area contributed by atoms with Gasteiger partial charge in [0.25, 0.3) is 5.56 Å². The predicted octanol–water partition coefficient (Wildman–Crippen LogP) is 2.73. The minimum Gasteiger partial charge on any atom is -0.469 e. The number of hydrogen-bond acceptors (Lipinski definition) is 4. The number of furan rings is 1. The van der Waals surface area contributed by atoms with E-state index in [2.05, 4.69) is 10.4 Å². The maximum absolute atomic E-state index is 11.9. The monoisotopic (exact) mass is 281 g/mol. The summed E-state index contributed by atoms with van der Waals surface area (Å²) >= 11 is 6.04. The summed E-state index contributed by atoms with van der Waals surface area (Å²) in [5, 5.41) is 7.35. The molecule has 0 aromatic carbocycles. The van der Waals surface area contributed by atoms with Crippen LogP contribution in [0.4, 0.5) is 5.69 Å². The summed E-state index contributed by atoms with van der Waals surface area (Å²) in [6.07, 6.45) is 3.93. The van der Waals surface area contributed by atoms with Crippen molar-refractivity contribution in [3.05, 3.63) is 45.7 Å². The number of rotatable bonds is 5. The lowest BCUT2D eigenvalue weighted by atomic mass is 10.3. The van der Waals surface area contributed by atoms with Crippen LogP contribution in [0, 0.1) is 0 Å². The Kier molecular flexibility index (Phi) is 4.27. The lowest BCUT2D eigenvalue weighted by Crippen LogP contribution is -2.26. The van der Waals surface area contributed by atoms with Crippen LogP contribution in [-0.4, -0.2) is 16.3 Å². The summed E-state index contributed by atoms with van der Waals surface area (Å²) in [5.41, 5.74) is 0.273. The van der Waals surface area contributed by atoms with Gasteiger partial charge in [-0.2, -0.15) is 5.10 Å². The highest BCUT2D eigenvalue weighted by Crippen LogP contribution is 2.16. The third kappa shape index (κ3) is 3.17. The highest BCUT2D eigenvalue weighted by molar-refractivity contribution is 6.32. The molecule has 0 fully saturated rings. The van der Waals surface area contributed by atoms with Gasteiger partial charge in [-0.05, 0) is 26.0 Å². The number of halogens is 1. The van der Waals surface area contributed by atoms with E-state index in [9.17, 15) is 4.79 Å². The smallest absolute Gasteiger partial charge is 0.287 e. The van der Waals surface area contributed by atoms with Gasteiger partial charge in [0, 0.05) is 13.0 Å². The molecule has 0 amide bonds. The van der Waals surface area contributed by atoms with Crippen LogP contribution < -0.4 is 10.9 Å². The molecule has 0 aliphatic heterocycles. The number of anilines is 1. The average Bonchev–Trinajstić information content (AvgIpc) is 2.87. The van der Waals surface area contributed by atoms with Gasteiger partial charge in [0.2, 0.25) is 0 Å². The van der Waals surface area contributed by atoms with Gasteiger partial charge >= 0.3 is 0 Å². The first-order valence-electron chi connectivity index (χ1n) is 6.13. The molecule has 19 heavy (non-hydrogen) atoms. The number of nitrogens with zero attached hydrogens (tertiary/aromatic N) is 2. The minimum atomic E-state index is -0.278. The molecule has 0 saturated carbocycles. The van der Waals surface area contributed by atoms with Gasteiger partial charge in [-0.25, -0.2) is 4.68 Å². The van der Waals surface area contributed by atoms with Gasteiger partial charge in [-0.15, -0.1) is 0 Å². The fourth-order valence-electron chi connectivity index (χ4n) is 1.71. The Labute approximate surface area is 116 Å². The summed E-state index contributed by atoms with van der Waals surface area (Å²) in [6, 6.07) is 3.73. The van der Waals surface area contributed by atoms with Crippen molar-refractivity contribution in [3.8, 4) is 0 Å². The van der Waals surface area contributed by atoms with Crippen molar-refractivity contribution in [3.63, 3.8) is 0 Å². The minimum absolute atomic E-state index is 0.0119. The molecule has 0 aliphatic rings. The molecule has 2 rings (SSSR count). The van der Waals surface area contributed by atoms with Gasteiger partial charge in [-0.1, -0.05) is 11.6 Å². The van der Waals surface area contributed by atoms with E-state index in [4.69, 9.17) is 16.0 Å². The van der Waals surface area contributed by atoms with Crippen LogP contribution in [0.25, 0.3) is 0 Å². The fraction of sp³-hybridized carbons (Fsp3) is 0.385. The summed E-state index contributed by atoms with van der Waals surface area (Å²) in [6.45, 7) is 4.39. The molecule has 6 heteroatoms. The van der Waals surface area contributed by atoms with Crippen LogP contribution >= 0.6 is 11.6 Å². The molecule has 2 aromatic heterocycles. The van der Waals surface area contributed by atoms with Crippen molar-refractivity contribution in [1.82, 2.24) is 9.78 Å². The molecular weight excluding hydrogens is 266 g/mol. The molecule has 2 aromatic rings. The van der Waals surface area contributed by atoms with Crippen molar-refractivity contribution in [2.24, 2.45) is 0 Å².